The molecular weight excluding hydrogens is 213 g/mol. The van der Waals surface area contributed by atoms with Gasteiger partial charge in [-0.1, -0.05) is 6.92 Å². The molecule has 7 heteroatoms. The van der Waals surface area contributed by atoms with Gasteiger partial charge < -0.3 is 10.8 Å². The summed E-state index contributed by atoms with van der Waals surface area (Å²) in [6.45, 7) is 0.795. The van der Waals surface area contributed by atoms with Crippen molar-refractivity contribution in [2.45, 2.75) is 25.6 Å². The SMILES string of the molecule is CCN(CCC(N)C(=O)O)CC(F)(F)F. The lowest BCUT2D eigenvalue weighted by Crippen LogP contribution is -2.39. The summed E-state index contributed by atoms with van der Waals surface area (Å²) in [4.78, 5) is 11.4. The Balaban J connectivity index is 3.96. The lowest BCUT2D eigenvalue weighted by molar-refractivity contribution is -0.146. The first kappa shape index (κ1) is 14.2. The predicted molar refractivity (Wildman–Crippen MR) is 48.4 cm³/mol. The first-order valence-corrected chi connectivity index (χ1v) is 4.53. The summed E-state index contributed by atoms with van der Waals surface area (Å²) in [5.74, 6) is -1.20. The second-order valence-corrected chi connectivity index (χ2v) is 3.22. The molecule has 0 rings (SSSR count). The Kier molecular flexibility index (Phi) is 5.59. The van der Waals surface area contributed by atoms with Crippen LogP contribution in [0.2, 0.25) is 0 Å². The van der Waals surface area contributed by atoms with E-state index in [1.54, 1.807) is 6.92 Å². The summed E-state index contributed by atoms with van der Waals surface area (Å²) in [6, 6.07) is -1.10. The minimum atomic E-state index is -4.26. The van der Waals surface area contributed by atoms with E-state index < -0.39 is 24.7 Å². The standard InChI is InChI=1S/C8H15F3N2O2/c1-2-13(5-8(9,10)11)4-3-6(12)7(14)15/h6H,2-5,12H2,1H3,(H,14,15). The van der Waals surface area contributed by atoms with E-state index in [1.165, 1.54) is 0 Å². The summed E-state index contributed by atoms with van der Waals surface area (Å²) < 4.78 is 36.0. The molecular formula is C8H15F3N2O2. The van der Waals surface area contributed by atoms with Gasteiger partial charge in [-0.3, -0.25) is 9.69 Å². The molecule has 0 aliphatic carbocycles. The maximum absolute atomic E-state index is 12.0. The number of nitrogens with zero attached hydrogens (tertiary/aromatic N) is 1. The van der Waals surface area contributed by atoms with Crippen LogP contribution in [0.5, 0.6) is 0 Å². The minimum absolute atomic E-state index is 0.0131. The smallest absolute Gasteiger partial charge is 0.401 e. The quantitative estimate of drug-likeness (QED) is 0.701. The van der Waals surface area contributed by atoms with Crippen molar-refractivity contribution in [3.8, 4) is 0 Å². The molecule has 0 aromatic heterocycles. The number of carboxylic acids is 1. The fourth-order valence-corrected chi connectivity index (χ4v) is 1.05. The van der Waals surface area contributed by atoms with E-state index in [2.05, 4.69) is 0 Å². The van der Waals surface area contributed by atoms with Crippen molar-refractivity contribution in [3.63, 3.8) is 0 Å². The van der Waals surface area contributed by atoms with Crippen molar-refractivity contribution in [2.75, 3.05) is 19.6 Å². The van der Waals surface area contributed by atoms with E-state index in [9.17, 15) is 18.0 Å². The summed E-state index contributed by atoms with van der Waals surface area (Å²) in [6.07, 6.45) is -4.25. The summed E-state index contributed by atoms with van der Waals surface area (Å²) in [5, 5.41) is 8.43. The highest BCUT2D eigenvalue weighted by molar-refractivity contribution is 5.72. The van der Waals surface area contributed by atoms with Crippen molar-refractivity contribution in [2.24, 2.45) is 5.73 Å². The van der Waals surface area contributed by atoms with Gasteiger partial charge >= 0.3 is 12.1 Å². The maximum Gasteiger partial charge on any atom is 0.401 e. The molecule has 1 atom stereocenters. The highest BCUT2D eigenvalue weighted by atomic mass is 19.4. The third-order valence-electron chi connectivity index (χ3n) is 1.92. The van der Waals surface area contributed by atoms with E-state index >= 15 is 0 Å². The van der Waals surface area contributed by atoms with Crippen LogP contribution in [0.3, 0.4) is 0 Å². The molecule has 90 valence electrons. The van der Waals surface area contributed by atoms with Crippen LogP contribution in [-0.2, 0) is 4.79 Å². The second-order valence-electron chi connectivity index (χ2n) is 3.22. The van der Waals surface area contributed by atoms with Gasteiger partial charge in [0.05, 0.1) is 6.54 Å². The van der Waals surface area contributed by atoms with E-state index in [4.69, 9.17) is 10.8 Å². The zero-order chi connectivity index (χ0) is 12.1. The Morgan fingerprint density at radius 3 is 2.40 bits per heavy atom. The fourth-order valence-electron chi connectivity index (χ4n) is 1.05. The number of rotatable bonds is 6. The zero-order valence-corrected chi connectivity index (χ0v) is 8.42. The number of nitrogens with two attached hydrogens (primary N) is 1. The van der Waals surface area contributed by atoms with Crippen LogP contribution in [0.1, 0.15) is 13.3 Å². The van der Waals surface area contributed by atoms with Gasteiger partial charge in [-0.2, -0.15) is 13.2 Å². The Hall–Kier alpha value is -0.820. The van der Waals surface area contributed by atoms with Gasteiger partial charge in [0.15, 0.2) is 0 Å². The van der Waals surface area contributed by atoms with Crippen LogP contribution in [-0.4, -0.2) is 47.8 Å². The number of carboxylic acid groups (broad SMARTS) is 1. The normalized spacial score (nSPS) is 14.3. The summed E-state index contributed by atoms with van der Waals surface area (Å²) >= 11 is 0. The number of hydrogen-bond acceptors (Lipinski definition) is 3. The molecule has 0 aromatic rings. The number of hydrogen-bond donors (Lipinski definition) is 2. The largest absolute Gasteiger partial charge is 0.480 e. The third kappa shape index (κ3) is 7.15. The molecule has 0 spiro atoms. The van der Waals surface area contributed by atoms with E-state index in [0.29, 0.717) is 0 Å². The van der Waals surface area contributed by atoms with Gasteiger partial charge in [0, 0.05) is 6.54 Å². The Morgan fingerprint density at radius 2 is 2.07 bits per heavy atom. The molecule has 0 radical (unpaired) electrons. The monoisotopic (exact) mass is 228 g/mol. The maximum atomic E-state index is 12.0. The molecule has 0 aliphatic rings. The topological polar surface area (TPSA) is 66.6 Å². The number of alkyl halides is 3. The van der Waals surface area contributed by atoms with Gasteiger partial charge in [-0.05, 0) is 13.0 Å². The van der Waals surface area contributed by atoms with Crippen molar-refractivity contribution < 1.29 is 23.1 Å². The van der Waals surface area contributed by atoms with Crippen LogP contribution < -0.4 is 5.73 Å². The van der Waals surface area contributed by atoms with Gasteiger partial charge in [-0.25, -0.2) is 0 Å². The molecule has 3 N–H and O–H groups in total. The van der Waals surface area contributed by atoms with Crippen LogP contribution in [0.15, 0.2) is 0 Å². The summed E-state index contributed by atoms with van der Waals surface area (Å²) in [7, 11) is 0. The average molecular weight is 228 g/mol. The van der Waals surface area contributed by atoms with E-state index in [1.807, 2.05) is 0 Å². The molecule has 15 heavy (non-hydrogen) atoms. The molecule has 0 saturated carbocycles. The van der Waals surface area contributed by atoms with Crippen molar-refractivity contribution in [1.29, 1.82) is 0 Å². The van der Waals surface area contributed by atoms with Gasteiger partial charge in [0.2, 0.25) is 0 Å². The molecule has 0 fully saturated rings. The molecule has 0 saturated heterocycles. The fraction of sp³-hybridized carbons (Fsp3) is 0.875. The molecule has 4 nitrogen and oxygen atoms in total. The van der Waals surface area contributed by atoms with Gasteiger partial charge in [0.25, 0.3) is 0 Å². The summed E-state index contributed by atoms with van der Waals surface area (Å²) in [5.41, 5.74) is 5.18. The van der Waals surface area contributed by atoms with Crippen molar-refractivity contribution >= 4 is 5.97 Å². The zero-order valence-electron chi connectivity index (χ0n) is 8.42. The van der Waals surface area contributed by atoms with Crippen molar-refractivity contribution in [1.82, 2.24) is 4.90 Å². The molecule has 0 bridgehead atoms. The number of aliphatic carboxylic acids is 1. The first-order valence-electron chi connectivity index (χ1n) is 4.53. The van der Waals surface area contributed by atoms with E-state index in [-0.39, 0.29) is 19.5 Å². The van der Waals surface area contributed by atoms with Gasteiger partial charge in [0.1, 0.15) is 6.04 Å². The highest BCUT2D eigenvalue weighted by Crippen LogP contribution is 2.16. The molecule has 0 amide bonds. The van der Waals surface area contributed by atoms with Crippen LogP contribution in [0.4, 0.5) is 13.2 Å². The average Bonchev–Trinajstić information content (AvgIpc) is 2.09. The Morgan fingerprint density at radius 1 is 1.53 bits per heavy atom. The molecule has 0 heterocycles. The lowest BCUT2D eigenvalue weighted by Gasteiger charge is -2.22. The Labute approximate surface area is 85.8 Å². The molecule has 1 unspecified atom stereocenters. The van der Waals surface area contributed by atoms with E-state index in [0.717, 1.165) is 4.90 Å². The highest BCUT2D eigenvalue weighted by Gasteiger charge is 2.30. The van der Waals surface area contributed by atoms with Gasteiger partial charge in [-0.15, -0.1) is 0 Å². The third-order valence-corrected chi connectivity index (χ3v) is 1.92. The van der Waals surface area contributed by atoms with Crippen LogP contribution in [0.25, 0.3) is 0 Å². The molecule has 0 aliphatic heterocycles. The minimum Gasteiger partial charge on any atom is -0.480 e. The lowest BCUT2D eigenvalue weighted by atomic mass is 10.2. The van der Waals surface area contributed by atoms with Crippen LogP contribution in [0, 0.1) is 0 Å². The second kappa shape index (κ2) is 5.92. The number of carbonyl (C=O) groups is 1. The first-order chi connectivity index (χ1) is 6.76. The van der Waals surface area contributed by atoms with Crippen molar-refractivity contribution in [3.05, 3.63) is 0 Å². The number of halogens is 3. The molecule has 0 aromatic carbocycles. The van der Waals surface area contributed by atoms with Crippen LogP contribution >= 0.6 is 0 Å². The Bertz CT molecular complexity index is 209. The predicted octanol–water partition coefficient (Wildman–Crippen LogP) is 0.673.